The van der Waals surface area contributed by atoms with Crippen LogP contribution in [0.25, 0.3) is 0 Å². The van der Waals surface area contributed by atoms with E-state index in [1.54, 1.807) is 10.9 Å². The zero-order valence-electron chi connectivity index (χ0n) is 16.3. The van der Waals surface area contributed by atoms with E-state index in [9.17, 15) is 0 Å². The van der Waals surface area contributed by atoms with E-state index in [0.717, 1.165) is 17.1 Å². The van der Waals surface area contributed by atoms with Crippen molar-refractivity contribution in [2.45, 2.75) is 25.6 Å². The zero-order chi connectivity index (χ0) is 19.8. The number of thioether (sulfide) groups is 1. The Hall–Kier alpha value is -2.80. The van der Waals surface area contributed by atoms with Crippen molar-refractivity contribution in [2.75, 3.05) is 12.9 Å². The number of benzene rings is 2. The topological polar surface area (TPSA) is 61.5 Å². The molecule has 7 heteroatoms. The van der Waals surface area contributed by atoms with Gasteiger partial charge in [0.25, 0.3) is 0 Å². The van der Waals surface area contributed by atoms with Crippen molar-refractivity contribution in [1.82, 2.24) is 14.9 Å². The quantitative estimate of drug-likeness (QED) is 0.394. The third kappa shape index (κ3) is 5.60. The Kier molecular flexibility index (Phi) is 7.08. The Morgan fingerprint density at radius 2 is 1.71 bits per heavy atom. The van der Waals surface area contributed by atoms with E-state index in [1.807, 2.05) is 60.9 Å². The fraction of sp³-hybridized carbons (Fsp3) is 0.286. The first-order chi connectivity index (χ1) is 13.7. The van der Waals surface area contributed by atoms with Crippen molar-refractivity contribution in [3.05, 3.63) is 66.0 Å². The van der Waals surface area contributed by atoms with Gasteiger partial charge in [0.15, 0.2) is 5.82 Å². The summed E-state index contributed by atoms with van der Waals surface area (Å²) in [5, 5.41) is 13.6. The minimum absolute atomic E-state index is 0.289. The van der Waals surface area contributed by atoms with Gasteiger partial charge in [0, 0.05) is 0 Å². The summed E-state index contributed by atoms with van der Waals surface area (Å²) in [7, 11) is 0. The van der Waals surface area contributed by atoms with Crippen molar-refractivity contribution in [2.24, 2.45) is 11.0 Å². The number of ether oxygens (including phenoxy) is 2. The summed E-state index contributed by atoms with van der Waals surface area (Å²) >= 11 is 1.48. The number of nitrogens with zero attached hydrogens (tertiary/aromatic N) is 4. The highest BCUT2D eigenvalue weighted by molar-refractivity contribution is 7.98. The maximum absolute atomic E-state index is 5.78. The van der Waals surface area contributed by atoms with Crippen LogP contribution in [0.15, 0.2) is 64.9 Å². The van der Waals surface area contributed by atoms with E-state index in [2.05, 4.69) is 29.1 Å². The molecule has 0 fully saturated rings. The third-order valence-corrected chi connectivity index (χ3v) is 4.38. The van der Waals surface area contributed by atoms with Gasteiger partial charge in [0.2, 0.25) is 5.16 Å². The fourth-order valence-corrected chi connectivity index (χ4v) is 2.78. The van der Waals surface area contributed by atoms with Crippen LogP contribution in [-0.2, 0) is 6.61 Å². The first-order valence-corrected chi connectivity index (χ1v) is 10.3. The van der Waals surface area contributed by atoms with Gasteiger partial charge in [-0.1, -0.05) is 43.8 Å². The molecule has 0 N–H and O–H groups in total. The van der Waals surface area contributed by atoms with Crippen molar-refractivity contribution in [1.29, 1.82) is 0 Å². The van der Waals surface area contributed by atoms with E-state index in [4.69, 9.17) is 9.47 Å². The molecule has 0 radical (unpaired) electrons. The first kappa shape index (κ1) is 19.9. The molecule has 0 atom stereocenters. The number of rotatable bonds is 9. The Labute approximate surface area is 169 Å². The average molecular weight is 397 g/mol. The Morgan fingerprint density at radius 3 is 2.39 bits per heavy atom. The van der Waals surface area contributed by atoms with Crippen molar-refractivity contribution >= 4 is 18.0 Å². The number of aromatic nitrogens is 3. The monoisotopic (exact) mass is 396 g/mol. The zero-order valence-corrected chi connectivity index (χ0v) is 17.1. The fourth-order valence-electron chi connectivity index (χ4n) is 2.33. The van der Waals surface area contributed by atoms with Crippen molar-refractivity contribution < 1.29 is 9.47 Å². The number of hydrogen-bond donors (Lipinski definition) is 0. The lowest BCUT2D eigenvalue weighted by Crippen LogP contribution is -2.05. The minimum Gasteiger partial charge on any atom is -0.493 e. The highest BCUT2D eigenvalue weighted by atomic mass is 32.2. The van der Waals surface area contributed by atoms with Crippen LogP contribution in [0.1, 0.15) is 25.2 Å². The lowest BCUT2D eigenvalue weighted by atomic mass is 10.2. The van der Waals surface area contributed by atoms with Crippen LogP contribution in [0.4, 0.5) is 0 Å². The molecule has 1 heterocycles. The van der Waals surface area contributed by atoms with Gasteiger partial charge in [-0.2, -0.15) is 9.78 Å². The van der Waals surface area contributed by atoms with E-state index < -0.39 is 0 Å². The average Bonchev–Trinajstić information content (AvgIpc) is 3.12. The minimum atomic E-state index is 0.289. The lowest BCUT2D eigenvalue weighted by molar-refractivity contribution is 0.271. The molecule has 0 aliphatic carbocycles. The van der Waals surface area contributed by atoms with Crippen molar-refractivity contribution in [3.63, 3.8) is 0 Å². The summed E-state index contributed by atoms with van der Waals surface area (Å²) in [5.74, 6) is 2.78. The predicted molar refractivity (Wildman–Crippen MR) is 112 cm³/mol. The maximum Gasteiger partial charge on any atom is 0.211 e. The standard InChI is InChI=1S/C21H24N4O2S/c1-16(2)14-26-19-11-9-17(10-12-19)13-22-25-20(23-24-21(25)28-3)15-27-18-7-5-4-6-8-18/h4-13,16H,14-15H2,1-3H3/b22-13-. The SMILES string of the molecule is CSc1nnc(COc2ccccc2)n1/N=C\c1ccc(OCC(C)C)cc1. The highest BCUT2D eigenvalue weighted by Gasteiger charge is 2.11. The molecule has 0 bridgehead atoms. The molecule has 3 rings (SSSR count). The van der Waals surface area contributed by atoms with Gasteiger partial charge in [-0.25, -0.2) is 0 Å². The van der Waals surface area contributed by atoms with E-state index in [1.165, 1.54) is 11.8 Å². The summed E-state index contributed by atoms with van der Waals surface area (Å²) in [6, 6.07) is 17.5. The molecule has 2 aromatic carbocycles. The van der Waals surface area contributed by atoms with Crippen LogP contribution in [-0.4, -0.2) is 34.0 Å². The summed E-state index contributed by atoms with van der Waals surface area (Å²) in [6.07, 6.45) is 3.72. The molecule has 28 heavy (non-hydrogen) atoms. The lowest BCUT2D eigenvalue weighted by Gasteiger charge is -2.08. The first-order valence-electron chi connectivity index (χ1n) is 9.09. The second-order valence-corrected chi connectivity index (χ2v) is 7.31. The van der Waals surface area contributed by atoms with Gasteiger partial charge in [-0.15, -0.1) is 10.2 Å². The molecule has 0 spiro atoms. The molecule has 0 saturated carbocycles. The van der Waals surface area contributed by atoms with Crippen LogP contribution >= 0.6 is 11.8 Å². The van der Waals surface area contributed by atoms with Crippen LogP contribution in [0.5, 0.6) is 11.5 Å². The molecule has 0 unspecified atom stereocenters. The molecule has 146 valence electrons. The summed E-state index contributed by atoms with van der Waals surface area (Å²) < 4.78 is 13.2. The second-order valence-electron chi connectivity index (χ2n) is 6.53. The summed E-state index contributed by atoms with van der Waals surface area (Å²) in [5.41, 5.74) is 0.965. The molecule has 6 nitrogen and oxygen atoms in total. The van der Waals surface area contributed by atoms with Gasteiger partial charge < -0.3 is 9.47 Å². The van der Waals surface area contributed by atoms with Crippen LogP contribution in [0.2, 0.25) is 0 Å². The van der Waals surface area contributed by atoms with Gasteiger partial charge in [-0.3, -0.25) is 0 Å². The van der Waals surface area contributed by atoms with E-state index in [0.29, 0.717) is 23.5 Å². The smallest absolute Gasteiger partial charge is 0.211 e. The normalized spacial score (nSPS) is 11.3. The van der Waals surface area contributed by atoms with Gasteiger partial charge in [-0.05, 0) is 54.1 Å². The Morgan fingerprint density at radius 1 is 1.00 bits per heavy atom. The Bertz CT molecular complexity index is 893. The summed E-state index contributed by atoms with van der Waals surface area (Å²) in [4.78, 5) is 0. The molecule has 0 aliphatic rings. The third-order valence-electron chi connectivity index (χ3n) is 3.76. The number of para-hydroxylation sites is 1. The molecular weight excluding hydrogens is 372 g/mol. The van der Waals surface area contributed by atoms with Crippen LogP contribution in [0.3, 0.4) is 0 Å². The van der Waals surface area contributed by atoms with Gasteiger partial charge in [0.1, 0.15) is 18.1 Å². The van der Waals surface area contributed by atoms with E-state index >= 15 is 0 Å². The second kappa shape index (κ2) is 9.94. The Balaban J connectivity index is 1.69. The largest absolute Gasteiger partial charge is 0.493 e. The maximum atomic E-state index is 5.78. The van der Waals surface area contributed by atoms with Gasteiger partial charge in [0.05, 0.1) is 12.8 Å². The summed E-state index contributed by atoms with van der Waals surface area (Å²) in [6.45, 7) is 5.25. The molecular formula is C21H24N4O2S. The predicted octanol–water partition coefficient (Wildman–Crippen LogP) is 4.50. The van der Waals surface area contributed by atoms with Crippen LogP contribution < -0.4 is 9.47 Å². The molecule has 0 saturated heterocycles. The molecule has 3 aromatic rings. The number of hydrogen-bond acceptors (Lipinski definition) is 6. The van der Waals surface area contributed by atoms with Crippen molar-refractivity contribution in [3.8, 4) is 11.5 Å². The molecule has 0 amide bonds. The highest BCUT2D eigenvalue weighted by Crippen LogP contribution is 2.17. The molecule has 0 aliphatic heterocycles. The van der Waals surface area contributed by atoms with Gasteiger partial charge >= 0.3 is 0 Å². The molecule has 1 aromatic heterocycles. The van der Waals surface area contributed by atoms with E-state index in [-0.39, 0.29) is 6.61 Å². The van der Waals surface area contributed by atoms with Crippen LogP contribution in [0, 0.1) is 5.92 Å².